The molecule has 4 aromatic rings. The van der Waals surface area contributed by atoms with E-state index in [4.69, 9.17) is 0 Å². The number of rotatable bonds is 6. The van der Waals surface area contributed by atoms with Gasteiger partial charge in [-0.2, -0.15) is 0 Å². The van der Waals surface area contributed by atoms with Crippen molar-refractivity contribution in [1.29, 1.82) is 0 Å². The maximum absolute atomic E-state index is 2.46. The summed E-state index contributed by atoms with van der Waals surface area (Å²) in [5.41, 5.74) is 12.2. The standard InChI is InChI=1S/C33H36/c1-22(2)27-20-30(23(3)4)33(31(21-27)24(5)6)29-19-13-18-28(25-14-9-7-10-15-25)32(29)26-16-11-8-12-17-26/h7-24H,1-6H3. The van der Waals surface area contributed by atoms with Gasteiger partial charge in [0.2, 0.25) is 0 Å². The average molecular weight is 433 g/mol. The maximum Gasteiger partial charge on any atom is -0.00266 e. The summed E-state index contributed by atoms with van der Waals surface area (Å²) in [5.74, 6) is 1.40. The topological polar surface area (TPSA) is 0 Å². The fourth-order valence-electron chi connectivity index (χ4n) is 4.80. The summed E-state index contributed by atoms with van der Waals surface area (Å²) in [5, 5.41) is 0. The van der Waals surface area contributed by atoms with Crippen molar-refractivity contribution in [2.45, 2.75) is 59.3 Å². The quantitative estimate of drug-likeness (QED) is 0.284. The largest absolute Gasteiger partial charge is 0.0622 e. The van der Waals surface area contributed by atoms with Crippen LogP contribution in [0.2, 0.25) is 0 Å². The molecule has 0 bridgehead atoms. The smallest absolute Gasteiger partial charge is 0.00266 e. The average Bonchev–Trinajstić information content (AvgIpc) is 2.83. The van der Waals surface area contributed by atoms with Gasteiger partial charge in [0.05, 0.1) is 0 Å². The van der Waals surface area contributed by atoms with Crippen molar-refractivity contribution in [3.8, 4) is 33.4 Å². The van der Waals surface area contributed by atoms with Gasteiger partial charge in [-0.1, -0.05) is 133 Å². The van der Waals surface area contributed by atoms with E-state index in [2.05, 4.69) is 133 Å². The number of hydrogen-bond acceptors (Lipinski definition) is 0. The molecule has 4 aromatic carbocycles. The van der Waals surface area contributed by atoms with Crippen LogP contribution in [0.3, 0.4) is 0 Å². The molecule has 0 nitrogen and oxygen atoms in total. The molecule has 0 heterocycles. The Labute approximate surface area is 200 Å². The minimum Gasteiger partial charge on any atom is -0.0622 e. The highest BCUT2D eigenvalue weighted by molar-refractivity contribution is 5.96. The van der Waals surface area contributed by atoms with Crippen molar-refractivity contribution in [1.82, 2.24) is 0 Å². The van der Waals surface area contributed by atoms with Crippen LogP contribution in [0.1, 0.15) is 76.0 Å². The predicted molar refractivity (Wildman–Crippen MR) is 145 cm³/mol. The van der Waals surface area contributed by atoms with Crippen LogP contribution in [0.5, 0.6) is 0 Å². The molecule has 0 aliphatic heterocycles. The first-order valence-corrected chi connectivity index (χ1v) is 12.3. The number of benzene rings is 4. The lowest BCUT2D eigenvalue weighted by Gasteiger charge is -2.26. The van der Waals surface area contributed by atoms with Gasteiger partial charge in [-0.15, -0.1) is 0 Å². The molecule has 0 aliphatic rings. The Morgan fingerprint density at radius 2 is 0.909 bits per heavy atom. The van der Waals surface area contributed by atoms with Crippen molar-refractivity contribution in [3.05, 3.63) is 108 Å². The maximum atomic E-state index is 2.46. The van der Waals surface area contributed by atoms with Gasteiger partial charge in [0, 0.05) is 0 Å². The van der Waals surface area contributed by atoms with Gasteiger partial charge in [0.25, 0.3) is 0 Å². The molecule has 0 saturated carbocycles. The van der Waals surface area contributed by atoms with Gasteiger partial charge in [0.15, 0.2) is 0 Å². The van der Waals surface area contributed by atoms with E-state index >= 15 is 0 Å². The third-order valence-corrected chi connectivity index (χ3v) is 6.61. The van der Waals surface area contributed by atoms with Gasteiger partial charge >= 0.3 is 0 Å². The summed E-state index contributed by atoms with van der Waals surface area (Å²) in [6.07, 6.45) is 0. The summed E-state index contributed by atoms with van der Waals surface area (Å²) in [7, 11) is 0. The van der Waals surface area contributed by atoms with Crippen molar-refractivity contribution in [3.63, 3.8) is 0 Å². The first-order chi connectivity index (χ1) is 15.9. The third-order valence-electron chi connectivity index (χ3n) is 6.61. The van der Waals surface area contributed by atoms with Crippen LogP contribution in [0, 0.1) is 0 Å². The lowest BCUT2D eigenvalue weighted by atomic mass is 9.78. The van der Waals surface area contributed by atoms with Gasteiger partial charge < -0.3 is 0 Å². The highest BCUT2D eigenvalue weighted by atomic mass is 14.3. The first kappa shape index (κ1) is 23.1. The van der Waals surface area contributed by atoms with Crippen molar-refractivity contribution in [2.24, 2.45) is 0 Å². The highest BCUT2D eigenvalue weighted by Crippen LogP contribution is 2.45. The molecule has 0 unspecified atom stereocenters. The van der Waals surface area contributed by atoms with Crippen LogP contribution in [0.25, 0.3) is 33.4 Å². The minimum atomic E-state index is 0.445. The fraction of sp³-hybridized carbons (Fsp3) is 0.273. The molecular formula is C33H36. The molecule has 0 amide bonds. The molecule has 168 valence electrons. The van der Waals surface area contributed by atoms with E-state index in [0.717, 1.165) is 0 Å². The predicted octanol–water partition coefficient (Wildman–Crippen LogP) is 10.1. The Kier molecular flexibility index (Phi) is 6.84. The molecule has 0 fully saturated rings. The van der Waals surface area contributed by atoms with Crippen LogP contribution in [0.15, 0.2) is 91.0 Å². The van der Waals surface area contributed by atoms with E-state index < -0.39 is 0 Å². The first-order valence-electron chi connectivity index (χ1n) is 12.3. The van der Waals surface area contributed by atoms with Crippen LogP contribution in [-0.4, -0.2) is 0 Å². The van der Waals surface area contributed by atoms with E-state index in [1.807, 2.05) is 0 Å². The lowest BCUT2D eigenvalue weighted by Crippen LogP contribution is -2.05. The molecular weight excluding hydrogens is 396 g/mol. The van der Waals surface area contributed by atoms with Crippen LogP contribution < -0.4 is 0 Å². The second-order valence-electron chi connectivity index (χ2n) is 10.00. The molecule has 0 aliphatic carbocycles. The Bertz CT molecular complexity index is 1180. The molecule has 33 heavy (non-hydrogen) atoms. The SMILES string of the molecule is CC(C)c1cc(C(C)C)c(-c2cccc(-c3ccccc3)c2-c2ccccc2)c(C(C)C)c1. The van der Waals surface area contributed by atoms with Gasteiger partial charge in [0.1, 0.15) is 0 Å². The van der Waals surface area contributed by atoms with E-state index in [1.165, 1.54) is 50.1 Å². The molecule has 0 N–H and O–H groups in total. The molecule has 0 heteroatoms. The summed E-state index contributed by atoms with van der Waals surface area (Å²) in [6.45, 7) is 13.9. The normalized spacial score (nSPS) is 11.5. The Balaban J connectivity index is 2.13. The van der Waals surface area contributed by atoms with Crippen molar-refractivity contribution < 1.29 is 0 Å². The zero-order chi connectivity index (χ0) is 23.5. The summed E-state index contributed by atoms with van der Waals surface area (Å²) >= 11 is 0. The summed E-state index contributed by atoms with van der Waals surface area (Å²) < 4.78 is 0. The molecule has 0 spiro atoms. The lowest BCUT2D eigenvalue weighted by molar-refractivity contribution is 0.807. The molecule has 4 rings (SSSR count). The fourth-order valence-corrected chi connectivity index (χ4v) is 4.80. The molecule has 0 aromatic heterocycles. The zero-order valence-corrected chi connectivity index (χ0v) is 20.9. The summed E-state index contributed by atoms with van der Waals surface area (Å²) in [4.78, 5) is 0. The van der Waals surface area contributed by atoms with Gasteiger partial charge in [-0.3, -0.25) is 0 Å². The molecule has 0 atom stereocenters. The monoisotopic (exact) mass is 432 g/mol. The van der Waals surface area contributed by atoms with Crippen molar-refractivity contribution in [2.75, 3.05) is 0 Å². The van der Waals surface area contributed by atoms with Crippen molar-refractivity contribution >= 4 is 0 Å². The van der Waals surface area contributed by atoms with Crippen LogP contribution >= 0.6 is 0 Å². The molecule has 0 radical (unpaired) electrons. The minimum absolute atomic E-state index is 0.445. The highest BCUT2D eigenvalue weighted by Gasteiger charge is 2.22. The summed E-state index contributed by atoms with van der Waals surface area (Å²) in [6, 6.07) is 33.4. The molecule has 0 saturated heterocycles. The second kappa shape index (κ2) is 9.79. The van der Waals surface area contributed by atoms with E-state index in [-0.39, 0.29) is 0 Å². The third kappa shape index (κ3) is 4.67. The van der Waals surface area contributed by atoms with Gasteiger partial charge in [-0.05, 0) is 67.8 Å². The van der Waals surface area contributed by atoms with E-state index in [1.54, 1.807) is 0 Å². The van der Waals surface area contributed by atoms with E-state index in [0.29, 0.717) is 17.8 Å². The Morgan fingerprint density at radius 3 is 1.39 bits per heavy atom. The Morgan fingerprint density at radius 1 is 0.424 bits per heavy atom. The Hall–Kier alpha value is -3.12. The zero-order valence-electron chi connectivity index (χ0n) is 20.9. The van der Waals surface area contributed by atoms with Gasteiger partial charge in [-0.25, -0.2) is 0 Å². The number of hydrogen-bond donors (Lipinski definition) is 0. The van der Waals surface area contributed by atoms with E-state index in [9.17, 15) is 0 Å². The van der Waals surface area contributed by atoms with Crippen LogP contribution in [-0.2, 0) is 0 Å². The van der Waals surface area contributed by atoms with Crippen LogP contribution in [0.4, 0.5) is 0 Å². The second-order valence-corrected chi connectivity index (χ2v) is 10.00.